The lowest BCUT2D eigenvalue weighted by Crippen LogP contribution is -2.46. The first-order valence-electron chi connectivity index (χ1n) is 10.4. The molecule has 0 saturated carbocycles. The van der Waals surface area contributed by atoms with Gasteiger partial charge in [0.1, 0.15) is 18.4 Å². The van der Waals surface area contributed by atoms with Crippen molar-refractivity contribution < 1.29 is 14.6 Å². The molecule has 0 spiro atoms. The highest BCUT2D eigenvalue weighted by Crippen LogP contribution is 2.38. The van der Waals surface area contributed by atoms with Crippen molar-refractivity contribution in [1.82, 2.24) is 4.90 Å². The standard InChI is InChI=1S/C25H27NO3S/c1-18-13-14-23(30-18)24(26-15-6-5-12-22(26)25(27)28)20-10-7-11-21(16-20)29-17-19-8-3-2-4-9-19/h2-4,7-11,13-14,16,22,24H,5-6,12,15,17H2,1H3,(H,27,28). The molecule has 4 nitrogen and oxygen atoms in total. The first-order chi connectivity index (χ1) is 14.6. The Morgan fingerprint density at radius 3 is 2.70 bits per heavy atom. The van der Waals surface area contributed by atoms with E-state index in [1.807, 2.05) is 42.5 Å². The lowest BCUT2D eigenvalue weighted by Gasteiger charge is -2.39. The third-order valence-corrected chi connectivity index (χ3v) is 6.67. The first-order valence-corrected chi connectivity index (χ1v) is 11.2. The van der Waals surface area contributed by atoms with Crippen molar-refractivity contribution in [3.63, 3.8) is 0 Å². The maximum atomic E-state index is 12.0. The molecule has 30 heavy (non-hydrogen) atoms. The van der Waals surface area contributed by atoms with Gasteiger partial charge in [-0.05, 0) is 61.7 Å². The number of rotatable bonds is 7. The first kappa shape index (κ1) is 20.6. The van der Waals surface area contributed by atoms with Gasteiger partial charge in [-0.15, -0.1) is 11.3 Å². The minimum absolute atomic E-state index is 0.0784. The molecule has 2 atom stereocenters. The van der Waals surface area contributed by atoms with Crippen LogP contribution in [-0.4, -0.2) is 28.6 Å². The highest BCUT2D eigenvalue weighted by atomic mass is 32.1. The Morgan fingerprint density at radius 1 is 1.13 bits per heavy atom. The third kappa shape index (κ3) is 4.74. The summed E-state index contributed by atoms with van der Waals surface area (Å²) in [6.07, 6.45) is 2.68. The fourth-order valence-electron chi connectivity index (χ4n) is 4.16. The average Bonchev–Trinajstić information content (AvgIpc) is 3.19. The molecule has 0 bridgehead atoms. The van der Waals surface area contributed by atoms with Crippen LogP contribution in [0.4, 0.5) is 0 Å². The van der Waals surface area contributed by atoms with Crippen LogP contribution in [0.3, 0.4) is 0 Å². The smallest absolute Gasteiger partial charge is 0.320 e. The number of piperidine rings is 1. The van der Waals surface area contributed by atoms with Gasteiger partial charge in [-0.3, -0.25) is 9.69 Å². The second-order valence-corrected chi connectivity index (χ2v) is 9.10. The van der Waals surface area contributed by atoms with Crippen molar-refractivity contribution in [2.75, 3.05) is 6.54 Å². The SMILES string of the molecule is Cc1ccc(C(c2cccc(OCc3ccccc3)c2)N2CCCCC2C(=O)O)s1. The molecular formula is C25H27NO3S. The van der Waals surface area contributed by atoms with E-state index in [0.717, 1.165) is 36.3 Å². The molecule has 0 aliphatic carbocycles. The Labute approximate surface area is 181 Å². The Hall–Kier alpha value is -2.63. The second kappa shape index (κ2) is 9.45. The molecule has 3 aromatic rings. The molecule has 2 heterocycles. The van der Waals surface area contributed by atoms with E-state index in [1.165, 1.54) is 9.75 Å². The van der Waals surface area contributed by atoms with Crippen LogP contribution in [0.1, 0.15) is 46.2 Å². The molecule has 1 aliphatic heterocycles. The normalized spacial score (nSPS) is 18.1. The van der Waals surface area contributed by atoms with Gasteiger partial charge in [0.05, 0.1) is 6.04 Å². The summed E-state index contributed by atoms with van der Waals surface area (Å²) in [6, 6.07) is 21.9. The average molecular weight is 422 g/mol. The number of carbonyl (C=O) groups is 1. The Kier molecular flexibility index (Phi) is 6.50. The summed E-state index contributed by atoms with van der Waals surface area (Å²) in [5.41, 5.74) is 2.20. The van der Waals surface area contributed by atoms with E-state index in [-0.39, 0.29) is 6.04 Å². The molecule has 2 aromatic carbocycles. The molecule has 156 valence electrons. The van der Waals surface area contributed by atoms with E-state index in [9.17, 15) is 9.90 Å². The molecule has 1 aliphatic rings. The molecule has 1 fully saturated rings. The number of nitrogens with zero attached hydrogens (tertiary/aromatic N) is 1. The van der Waals surface area contributed by atoms with Crippen LogP contribution in [0.5, 0.6) is 5.75 Å². The number of aliphatic carboxylic acids is 1. The summed E-state index contributed by atoms with van der Waals surface area (Å²) in [5, 5.41) is 9.86. The minimum atomic E-state index is -0.732. The fraction of sp³-hybridized carbons (Fsp3) is 0.320. The topological polar surface area (TPSA) is 49.8 Å². The number of carboxylic acids is 1. The number of thiophene rings is 1. The molecular weight excluding hydrogens is 394 g/mol. The van der Waals surface area contributed by atoms with Crippen LogP contribution >= 0.6 is 11.3 Å². The van der Waals surface area contributed by atoms with Crippen molar-refractivity contribution in [1.29, 1.82) is 0 Å². The van der Waals surface area contributed by atoms with Crippen molar-refractivity contribution in [2.24, 2.45) is 0 Å². The summed E-state index contributed by atoms with van der Waals surface area (Å²) in [7, 11) is 0. The predicted octanol–water partition coefficient (Wildman–Crippen LogP) is 5.66. The van der Waals surface area contributed by atoms with E-state index in [4.69, 9.17) is 4.74 Å². The fourth-order valence-corrected chi connectivity index (χ4v) is 5.19. The van der Waals surface area contributed by atoms with E-state index < -0.39 is 12.0 Å². The molecule has 1 saturated heterocycles. The van der Waals surface area contributed by atoms with Crippen molar-refractivity contribution in [3.8, 4) is 5.75 Å². The number of likely N-dealkylation sites (tertiary alicyclic amines) is 1. The van der Waals surface area contributed by atoms with Crippen molar-refractivity contribution in [2.45, 2.75) is 44.9 Å². The van der Waals surface area contributed by atoms with Crippen molar-refractivity contribution >= 4 is 17.3 Å². The number of benzene rings is 2. The van der Waals surface area contributed by atoms with Crippen molar-refractivity contribution in [3.05, 3.63) is 87.6 Å². The zero-order chi connectivity index (χ0) is 20.9. The molecule has 2 unspecified atom stereocenters. The van der Waals surface area contributed by atoms with E-state index in [1.54, 1.807) is 11.3 Å². The second-order valence-electron chi connectivity index (χ2n) is 7.79. The molecule has 0 radical (unpaired) electrons. The highest BCUT2D eigenvalue weighted by Gasteiger charge is 2.35. The molecule has 5 heteroatoms. The number of hydrogen-bond acceptors (Lipinski definition) is 4. The van der Waals surface area contributed by atoms with E-state index in [0.29, 0.717) is 13.0 Å². The highest BCUT2D eigenvalue weighted by molar-refractivity contribution is 7.12. The molecule has 1 N–H and O–H groups in total. The summed E-state index contributed by atoms with van der Waals surface area (Å²) >= 11 is 1.74. The predicted molar refractivity (Wildman–Crippen MR) is 120 cm³/mol. The minimum Gasteiger partial charge on any atom is -0.489 e. The van der Waals surface area contributed by atoms with Crippen LogP contribution in [0.15, 0.2) is 66.7 Å². The number of carboxylic acid groups (broad SMARTS) is 1. The van der Waals surface area contributed by atoms with Gasteiger partial charge in [0.25, 0.3) is 0 Å². The van der Waals surface area contributed by atoms with Gasteiger partial charge in [0.15, 0.2) is 0 Å². The van der Waals surface area contributed by atoms with Gasteiger partial charge >= 0.3 is 5.97 Å². The Morgan fingerprint density at radius 2 is 1.97 bits per heavy atom. The van der Waals surface area contributed by atoms with Crippen LogP contribution in [0, 0.1) is 6.92 Å². The van der Waals surface area contributed by atoms with Gasteiger partial charge in [-0.25, -0.2) is 0 Å². The Balaban J connectivity index is 1.64. The third-order valence-electron chi connectivity index (χ3n) is 5.61. The maximum Gasteiger partial charge on any atom is 0.320 e. The van der Waals surface area contributed by atoms with Crippen LogP contribution < -0.4 is 4.74 Å². The summed E-state index contributed by atoms with van der Waals surface area (Å²) in [4.78, 5) is 16.6. The Bertz CT molecular complexity index is 985. The number of aryl methyl sites for hydroxylation is 1. The molecule has 1 aromatic heterocycles. The largest absolute Gasteiger partial charge is 0.489 e. The number of hydrogen-bond donors (Lipinski definition) is 1. The van der Waals surface area contributed by atoms with Gasteiger partial charge in [-0.1, -0.05) is 48.9 Å². The van der Waals surface area contributed by atoms with E-state index in [2.05, 4.69) is 36.1 Å². The van der Waals surface area contributed by atoms with Crippen LogP contribution in [0.25, 0.3) is 0 Å². The maximum absolute atomic E-state index is 12.0. The summed E-state index contributed by atoms with van der Waals surface area (Å²) in [5.74, 6) is 0.0722. The molecule has 4 rings (SSSR count). The zero-order valence-electron chi connectivity index (χ0n) is 17.2. The molecule has 0 amide bonds. The van der Waals surface area contributed by atoms with Gasteiger partial charge < -0.3 is 9.84 Å². The van der Waals surface area contributed by atoms with Gasteiger partial charge in [0.2, 0.25) is 0 Å². The lowest BCUT2D eigenvalue weighted by atomic mass is 9.95. The van der Waals surface area contributed by atoms with Gasteiger partial charge in [0, 0.05) is 9.75 Å². The van der Waals surface area contributed by atoms with Crippen LogP contribution in [-0.2, 0) is 11.4 Å². The van der Waals surface area contributed by atoms with Gasteiger partial charge in [-0.2, -0.15) is 0 Å². The van der Waals surface area contributed by atoms with Crippen LogP contribution in [0.2, 0.25) is 0 Å². The summed E-state index contributed by atoms with van der Waals surface area (Å²) < 4.78 is 6.05. The van der Waals surface area contributed by atoms with E-state index >= 15 is 0 Å². The lowest BCUT2D eigenvalue weighted by molar-refractivity contribution is -0.145. The monoisotopic (exact) mass is 421 g/mol. The summed E-state index contributed by atoms with van der Waals surface area (Å²) in [6.45, 7) is 3.39. The quantitative estimate of drug-likeness (QED) is 0.534. The zero-order valence-corrected chi connectivity index (χ0v) is 18.0. The number of ether oxygens (including phenoxy) is 1.